The highest BCUT2D eigenvalue weighted by atomic mass is 16.2. The zero-order valence-corrected chi connectivity index (χ0v) is 12.5. The Morgan fingerprint density at radius 2 is 1.84 bits per heavy atom. The molecule has 104 valence electrons. The molecule has 1 saturated heterocycles. The number of hydrogen-bond acceptors (Lipinski definition) is 1. The van der Waals surface area contributed by atoms with E-state index in [4.69, 9.17) is 0 Å². The Labute approximate surface area is 116 Å². The lowest BCUT2D eigenvalue weighted by Crippen LogP contribution is -2.31. The summed E-state index contributed by atoms with van der Waals surface area (Å²) < 4.78 is 0. The van der Waals surface area contributed by atoms with Crippen molar-refractivity contribution in [1.82, 2.24) is 4.90 Å². The normalized spacial score (nSPS) is 23.7. The van der Waals surface area contributed by atoms with Crippen molar-refractivity contribution in [3.63, 3.8) is 0 Å². The fraction of sp³-hybridized carbons (Fsp3) is 0.588. The number of carbonyl (C=O) groups is 1. The van der Waals surface area contributed by atoms with Crippen LogP contribution in [0.15, 0.2) is 30.3 Å². The van der Waals surface area contributed by atoms with E-state index >= 15 is 0 Å². The predicted molar refractivity (Wildman–Crippen MR) is 79.0 cm³/mol. The van der Waals surface area contributed by atoms with Crippen LogP contribution in [0.25, 0.3) is 0 Å². The van der Waals surface area contributed by atoms with Crippen LogP contribution in [0.1, 0.15) is 45.6 Å². The quantitative estimate of drug-likeness (QED) is 0.793. The van der Waals surface area contributed by atoms with Gasteiger partial charge < -0.3 is 4.90 Å². The molecule has 1 amide bonds. The first-order chi connectivity index (χ1) is 8.87. The second kappa shape index (κ2) is 5.36. The Kier molecular flexibility index (Phi) is 3.98. The summed E-state index contributed by atoms with van der Waals surface area (Å²) in [4.78, 5) is 14.4. The van der Waals surface area contributed by atoms with Gasteiger partial charge in [0.25, 0.3) is 0 Å². The molecule has 2 nitrogen and oxygen atoms in total. The van der Waals surface area contributed by atoms with E-state index in [0.717, 1.165) is 13.1 Å². The number of rotatable bonds is 2. The van der Waals surface area contributed by atoms with E-state index in [1.807, 2.05) is 11.0 Å². The highest BCUT2D eigenvalue weighted by molar-refractivity contribution is 5.77. The molecule has 2 unspecified atom stereocenters. The van der Waals surface area contributed by atoms with Gasteiger partial charge >= 0.3 is 0 Å². The lowest BCUT2D eigenvalue weighted by molar-refractivity contribution is -0.132. The molecule has 1 aliphatic heterocycles. The first-order valence-electron chi connectivity index (χ1n) is 7.19. The number of benzene rings is 1. The molecular formula is C17H25NO. The average Bonchev–Trinajstić information content (AvgIpc) is 2.70. The molecule has 0 radical (unpaired) electrons. The van der Waals surface area contributed by atoms with Crippen LogP contribution >= 0.6 is 0 Å². The Morgan fingerprint density at radius 3 is 2.42 bits per heavy atom. The van der Waals surface area contributed by atoms with Gasteiger partial charge in [0.2, 0.25) is 5.91 Å². The van der Waals surface area contributed by atoms with Crippen LogP contribution in [0.2, 0.25) is 0 Å². The van der Waals surface area contributed by atoms with Gasteiger partial charge in [0.05, 0.1) is 0 Å². The molecule has 2 heteroatoms. The van der Waals surface area contributed by atoms with Crippen molar-refractivity contribution in [2.24, 2.45) is 11.3 Å². The molecule has 0 bridgehead atoms. The van der Waals surface area contributed by atoms with Gasteiger partial charge in [0, 0.05) is 25.4 Å². The largest absolute Gasteiger partial charge is 0.342 e. The van der Waals surface area contributed by atoms with Gasteiger partial charge in [-0.2, -0.15) is 0 Å². The summed E-state index contributed by atoms with van der Waals surface area (Å²) in [5.74, 6) is 1.34. The van der Waals surface area contributed by atoms with Crippen molar-refractivity contribution in [3.05, 3.63) is 35.9 Å². The Balaban J connectivity index is 2.04. The SMILES string of the molecule is CC1CN(C(=O)CC(C)(C)C)CC1c1ccccc1. The number of carbonyl (C=O) groups excluding carboxylic acids is 1. The third-order valence-electron chi connectivity index (χ3n) is 3.87. The summed E-state index contributed by atoms with van der Waals surface area (Å²) in [5.41, 5.74) is 1.44. The number of nitrogens with zero attached hydrogens (tertiary/aromatic N) is 1. The van der Waals surface area contributed by atoms with Crippen LogP contribution in [-0.4, -0.2) is 23.9 Å². The third kappa shape index (κ3) is 3.59. The van der Waals surface area contributed by atoms with Crippen molar-refractivity contribution in [2.75, 3.05) is 13.1 Å². The second-order valence-electron chi connectivity index (χ2n) is 7.03. The average molecular weight is 259 g/mol. The maximum Gasteiger partial charge on any atom is 0.223 e. The number of hydrogen-bond donors (Lipinski definition) is 0. The number of amides is 1. The predicted octanol–water partition coefficient (Wildman–Crippen LogP) is 3.68. The lowest BCUT2D eigenvalue weighted by atomic mass is 9.90. The molecule has 1 aromatic carbocycles. The fourth-order valence-electron chi connectivity index (χ4n) is 2.87. The standard InChI is InChI=1S/C17H25NO/c1-13-11-18(16(19)10-17(2,3)4)12-15(13)14-8-6-5-7-9-14/h5-9,13,15H,10-12H2,1-4H3. The molecule has 1 aliphatic rings. The Morgan fingerprint density at radius 1 is 1.21 bits per heavy atom. The lowest BCUT2D eigenvalue weighted by Gasteiger charge is -2.23. The molecule has 0 N–H and O–H groups in total. The zero-order valence-electron chi connectivity index (χ0n) is 12.5. The summed E-state index contributed by atoms with van der Waals surface area (Å²) in [6.45, 7) is 10.4. The minimum Gasteiger partial charge on any atom is -0.342 e. The van der Waals surface area contributed by atoms with Crippen LogP contribution in [0, 0.1) is 11.3 Å². The van der Waals surface area contributed by atoms with Crippen molar-refractivity contribution in [3.8, 4) is 0 Å². The molecule has 2 atom stereocenters. The van der Waals surface area contributed by atoms with Gasteiger partial charge in [-0.3, -0.25) is 4.79 Å². The smallest absolute Gasteiger partial charge is 0.223 e. The van der Waals surface area contributed by atoms with Gasteiger partial charge in [0.15, 0.2) is 0 Å². The minimum atomic E-state index is 0.0746. The van der Waals surface area contributed by atoms with Crippen molar-refractivity contribution >= 4 is 5.91 Å². The van der Waals surface area contributed by atoms with Crippen molar-refractivity contribution < 1.29 is 4.79 Å². The van der Waals surface area contributed by atoms with Crippen LogP contribution in [0.4, 0.5) is 0 Å². The third-order valence-corrected chi connectivity index (χ3v) is 3.87. The highest BCUT2D eigenvalue weighted by Gasteiger charge is 2.34. The molecule has 2 rings (SSSR count). The topological polar surface area (TPSA) is 20.3 Å². The van der Waals surface area contributed by atoms with E-state index in [1.54, 1.807) is 0 Å². The molecule has 0 saturated carbocycles. The first kappa shape index (κ1) is 14.1. The molecule has 0 aliphatic carbocycles. The van der Waals surface area contributed by atoms with Gasteiger partial charge in [-0.15, -0.1) is 0 Å². The second-order valence-corrected chi connectivity index (χ2v) is 7.03. The molecular weight excluding hydrogens is 234 g/mol. The Hall–Kier alpha value is -1.31. The van der Waals surface area contributed by atoms with Gasteiger partial charge in [-0.1, -0.05) is 58.0 Å². The highest BCUT2D eigenvalue weighted by Crippen LogP contribution is 2.33. The summed E-state index contributed by atoms with van der Waals surface area (Å²) in [6.07, 6.45) is 0.640. The summed E-state index contributed by atoms with van der Waals surface area (Å²) >= 11 is 0. The molecule has 0 spiro atoms. The monoisotopic (exact) mass is 259 g/mol. The fourth-order valence-corrected chi connectivity index (χ4v) is 2.87. The molecule has 1 fully saturated rings. The van der Waals surface area contributed by atoms with E-state index < -0.39 is 0 Å². The summed E-state index contributed by atoms with van der Waals surface area (Å²) in [5, 5.41) is 0. The molecule has 1 heterocycles. The van der Waals surface area contributed by atoms with Crippen molar-refractivity contribution in [2.45, 2.75) is 40.0 Å². The maximum absolute atomic E-state index is 12.3. The molecule has 0 aromatic heterocycles. The Bertz CT molecular complexity index is 432. The van der Waals surface area contributed by atoms with E-state index in [1.165, 1.54) is 5.56 Å². The summed E-state index contributed by atoms with van der Waals surface area (Å²) in [6, 6.07) is 10.6. The van der Waals surface area contributed by atoms with Gasteiger partial charge in [-0.05, 0) is 16.9 Å². The van der Waals surface area contributed by atoms with Gasteiger partial charge in [-0.25, -0.2) is 0 Å². The first-order valence-corrected chi connectivity index (χ1v) is 7.19. The maximum atomic E-state index is 12.3. The molecule has 1 aromatic rings. The van der Waals surface area contributed by atoms with Crippen LogP contribution < -0.4 is 0 Å². The summed E-state index contributed by atoms with van der Waals surface area (Å²) in [7, 11) is 0. The van der Waals surface area contributed by atoms with Crippen LogP contribution in [0.3, 0.4) is 0 Å². The van der Waals surface area contributed by atoms with E-state index in [9.17, 15) is 4.79 Å². The number of likely N-dealkylation sites (tertiary alicyclic amines) is 1. The van der Waals surface area contributed by atoms with E-state index in [2.05, 4.69) is 52.0 Å². The van der Waals surface area contributed by atoms with Crippen LogP contribution in [-0.2, 0) is 4.79 Å². The zero-order chi connectivity index (χ0) is 14.0. The minimum absolute atomic E-state index is 0.0746. The van der Waals surface area contributed by atoms with Gasteiger partial charge in [0.1, 0.15) is 0 Å². The van der Waals surface area contributed by atoms with Crippen LogP contribution in [0.5, 0.6) is 0 Å². The van der Waals surface area contributed by atoms with Crippen molar-refractivity contribution in [1.29, 1.82) is 0 Å². The molecule has 19 heavy (non-hydrogen) atoms. The van der Waals surface area contributed by atoms with E-state index in [0.29, 0.717) is 24.2 Å². The van der Waals surface area contributed by atoms with E-state index in [-0.39, 0.29) is 5.41 Å².